The summed E-state index contributed by atoms with van der Waals surface area (Å²) in [5.74, 6) is 0.409. The quantitative estimate of drug-likeness (QED) is 0.480. The van der Waals surface area contributed by atoms with Crippen molar-refractivity contribution in [2.45, 2.75) is 37.5 Å². The van der Waals surface area contributed by atoms with Crippen LogP contribution < -0.4 is 5.32 Å². The van der Waals surface area contributed by atoms with E-state index < -0.39 is 12.1 Å². The fourth-order valence-corrected chi connectivity index (χ4v) is 7.23. The third-order valence-electron chi connectivity index (χ3n) is 7.48. The Kier molecular flexibility index (Phi) is 4.94. The first kappa shape index (κ1) is 20.4. The molecule has 6 rings (SSSR count). The first-order chi connectivity index (χ1) is 16.1. The Morgan fingerprint density at radius 3 is 2.33 bits per heavy atom. The van der Waals surface area contributed by atoms with Crippen molar-refractivity contribution >= 4 is 28.5 Å². The van der Waals surface area contributed by atoms with Crippen LogP contribution in [0.1, 0.15) is 64.0 Å². The molecule has 3 unspecified atom stereocenters. The van der Waals surface area contributed by atoms with Gasteiger partial charge < -0.3 is 9.84 Å². The van der Waals surface area contributed by atoms with Gasteiger partial charge in [-0.2, -0.15) is 0 Å². The molecule has 0 radical (unpaired) electrons. The van der Waals surface area contributed by atoms with Crippen molar-refractivity contribution in [1.29, 1.82) is 0 Å². The van der Waals surface area contributed by atoms with Crippen molar-refractivity contribution < 1.29 is 19.4 Å². The molecule has 1 heterocycles. The molecule has 2 N–H and O–H groups in total. The number of amides is 1. The Morgan fingerprint density at radius 1 is 1.03 bits per heavy atom. The number of aromatic nitrogens is 1. The van der Waals surface area contributed by atoms with Gasteiger partial charge in [0.1, 0.15) is 6.61 Å². The molecule has 6 nitrogen and oxygen atoms in total. The second kappa shape index (κ2) is 7.99. The number of ether oxygens (including phenoxy) is 1. The number of hydrogen-bond donors (Lipinski definition) is 2. The number of carboxylic acids is 1. The van der Waals surface area contributed by atoms with Crippen LogP contribution in [0.2, 0.25) is 0 Å². The average Bonchev–Trinajstić information content (AvgIpc) is 3.59. The fourth-order valence-electron chi connectivity index (χ4n) is 6.08. The number of rotatable bonds is 5. The summed E-state index contributed by atoms with van der Waals surface area (Å²) in [7, 11) is 0. The molecule has 1 amide bonds. The topological polar surface area (TPSA) is 88.5 Å². The minimum absolute atomic E-state index is 0.0291. The number of benzene rings is 2. The normalized spacial score (nSPS) is 22.7. The Hall–Kier alpha value is -3.19. The molecule has 0 spiro atoms. The van der Waals surface area contributed by atoms with E-state index in [1.165, 1.54) is 35.3 Å². The minimum Gasteiger partial charge on any atom is -0.476 e. The van der Waals surface area contributed by atoms with Crippen LogP contribution in [0.25, 0.3) is 11.1 Å². The predicted molar refractivity (Wildman–Crippen MR) is 126 cm³/mol. The van der Waals surface area contributed by atoms with Crippen molar-refractivity contribution in [2.75, 3.05) is 11.9 Å². The lowest BCUT2D eigenvalue weighted by molar-refractivity contribution is 0.0689. The Morgan fingerprint density at radius 2 is 1.73 bits per heavy atom. The van der Waals surface area contributed by atoms with E-state index in [-0.39, 0.29) is 24.1 Å². The largest absolute Gasteiger partial charge is 0.476 e. The molecule has 3 aromatic rings. The standard InChI is InChI=1S/C26H24N2O4S/c29-24(30)22-23(20-12-14-9-10-15(20)11-14)33-25(27-22)28-26(31)32-13-21-18-7-3-1-5-16(18)17-6-2-4-8-19(17)21/h1-8,14-15,20-21H,9-13H2,(H,29,30)(H,27,28,31). The van der Waals surface area contributed by atoms with Crippen LogP contribution in [0.4, 0.5) is 9.93 Å². The maximum atomic E-state index is 12.6. The molecule has 3 atom stereocenters. The number of nitrogens with zero attached hydrogens (tertiary/aromatic N) is 1. The smallest absolute Gasteiger partial charge is 0.413 e. The van der Waals surface area contributed by atoms with Crippen LogP contribution in [0.15, 0.2) is 48.5 Å². The van der Waals surface area contributed by atoms with Crippen molar-refractivity contribution in [1.82, 2.24) is 4.98 Å². The van der Waals surface area contributed by atoms with E-state index in [1.54, 1.807) is 0 Å². The number of nitrogens with one attached hydrogen (secondary N) is 1. The first-order valence-corrected chi connectivity index (χ1v) is 12.3. The Bertz CT molecular complexity index is 1210. The summed E-state index contributed by atoms with van der Waals surface area (Å²) in [6, 6.07) is 16.4. The highest BCUT2D eigenvalue weighted by molar-refractivity contribution is 7.16. The summed E-state index contributed by atoms with van der Waals surface area (Å²) < 4.78 is 5.60. The van der Waals surface area contributed by atoms with Gasteiger partial charge in [0.15, 0.2) is 10.8 Å². The van der Waals surface area contributed by atoms with E-state index in [4.69, 9.17) is 4.74 Å². The Labute approximate surface area is 195 Å². The molecule has 2 bridgehead atoms. The van der Waals surface area contributed by atoms with Gasteiger partial charge in [0.2, 0.25) is 0 Å². The number of carbonyl (C=O) groups is 2. The third-order valence-corrected chi connectivity index (χ3v) is 8.59. The maximum absolute atomic E-state index is 12.6. The monoisotopic (exact) mass is 460 g/mol. The van der Waals surface area contributed by atoms with Gasteiger partial charge in [-0.25, -0.2) is 14.6 Å². The summed E-state index contributed by atoms with van der Waals surface area (Å²) >= 11 is 1.28. The van der Waals surface area contributed by atoms with Crippen LogP contribution >= 0.6 is 11.3 Å². The summed E-state index contributed by atoms with van der Waals surface area (Å²) in [5.41, 5.74) is 4.71. The minimum atomic E-state index is -1.04. The van der Waals surface area contributed by atoms with Gasteiger partial charge >= 0.3 is 12.1 Å². The molecular formula is C26H24N2O4S. The molecule has 33 heavy (non-hydrogen) atoms. The molecule has 0 aliphatic heterocycles. The van der Waals surface area contributed by atoms with E-state index in [9.17, 15) is 14.7 Å². The summed E-state index contributed by atoms with van der Waals surface area (Å²) in [4.78, 5) is 29.5. The van der Waals surface area contributed by atoms with E-state index in [1.807, 2.05) is 24.3 Å². The van der Waals surface area contributed by atoms with Crippen LogP contribution in [0.5, 0.6) is 0 Å². The molecule has 1 aromatic heterocycles. The molecule has 7 heteroatoms. The maximum Gasteiger partial charge on any atom is 0.413 e. The fraction of sp³-hybridized carbons (Fsp3) is 0.346. The number of aromatic carboxylic acids is 1. The van der Waals surface area contributed by atoms with Gasteiger partial charge in [-0.05, 0) is 59.3 Å². The summed E-state index contributed by atoms with van der Waals surface area (Å²) in [6.45, 7) is 0.205. The van der Waals surface area contributed by atoms with Crippen LogP contribution in [-0.4, -0.2) is 28.8 Å². The van der Waals surface area contributed by atoms with Gasteiger partial charge in [-0.3, -0.25) is 5.32 Å². The lowest BCUT2D eigenvalue weighted by Gasteiger charge is -2.20. The van der Waals surface area contributed by atoms with Crippen molar-refractivity contribution in [3.05, 3.63) is 70.2 Å². The zero-order chi connectivity index (χ0) is 22.5. The van der Waals surface area contributed by atoms with E-state index in [0.29, 0.717) is 17.0 Å². The van der Waals surface area contributed by atoms with Gasteiger partial charge in [0, 0.05) is 10.8 Å². The first-order valence-electron chi connectivity index (χ1n) is 11.4. The average molecular weight is 461 g/mol. The van der Waals surface area contributed by atoms with E-state index in [2.05, 4.69) is 34.6 Å². The van der Waals surface area contributed by atoms with Gasteiger partial charge in [0.25, 0.3) is 0 Å². The van der Waals surface area contributed by atoms with Gasteiger partial charge in [0.05, 0.1) is 0 Å². The SMILES string of the molecule is O=C(Nc1nc(C(=O)O)c(C2CC3CCC2C3)s1)OCC1c2ccccc2-c2ccccc21. The summed E-state index contributed by atoms with van der Waals surface area (Å²) in [6.07, 6.45) is 3.99. The highest BCUT2D eigenvalue weighted by Crippen LogP contribution is 2.54. The lowest BCUT2D eigenvalue weighted by Crippen LogP contribution is -2.18. The lowest BCUT2D eigenvalue weighted by atomic mass is 9.87. The van der Waals surface area contributed by atoms with E-state index in [0.717, 1.165) is 28.8 Å². The van der Waals surface area contributed by atoms with Crippen LogP contribution in [-0.2, 0) is 4.74 Å². The number of hydrogen-bond acceptors (Lipinski definition) is 5. The van der Waals surface area contributed by atoms with Gasteiger partial charge in [-0.1, -0.05) is 55.0 Å². The molecule has 3 aliphatic carbocycles. The van der Waals surface area contributed by atoms with Crippen molar-refractivity contribution in [2.24, 2.45) is 11.8 Å². The molecule has 0 saturated heterocycles. The molecule has 3 aliphatic rings. The highest BCUT2D eigenvalue weighted by Gasteiger charge is 2.43. The third kappa shape index (κ3) is 3.51. The van der Waals surface area contributed by atoms with Crippen LogP contribution in [0, 0.1) is 11.8 Å². The number of anilines is 1. The number of carbonyl (C=O) groups excluding carboxylic acids is 1. The Balaban J connectivity index is 1.17. The summed E-state index contributed by atoms with van der Waals surface area (Å²) in [5, 5.41) is 12.7. The molecule has 2 saturated carbocycles. The number of thiazole rings is 1. The zero-order valence-electron chi connectivity index (χ0n) is 18.0. The highest BCUT2D eigenvalue weighted by atomic mass is 32.1. The van der Waals surface area contributed by atoms with Crippen molar-refractivity contribution in [3.8, 4) is 11.1 Å². The van der Waals surface area contributed by atoms with Crippen LogP contribution in [0.3, 0.4) is 0 Å². The predicted octanol–water partition coefficient (Wildman–Crippen LogP) is 6.11. The second-order valence-electron chi connectivity index (χ2n) is 9.27. The van der Waals surface area contributed by atoms with Gasteiger partial charge in [-0.15, -0.1) is 11.3 Å². The van der Waals surface area contributed by atoms with Crippen molar-refractivity contribution in [3.63, 3.8) is 0 Å². The molecule has 168 valence electrons. The molecule has 2 aromatic carbocycles. The number of fused-ring (bicyclic) bond motifs is 5. The second-order valence-corrected chi connectivity index (χ2v) is 10.3. The molecule has 2 fully saturated rings. The molecular weight excluding hydrogens is 436 g/mol. The van der Waals surface area contributed by atoms with E-state index >= 15 is 0 Å². The zero-order valence-corrected chi connectivity index (χ0v) is 18.8. The number of carboxylic acid groups (broad SMARTS) is 1.